The van der Waals surface area contributed by atoms with Crippen LogP contribution < -0.4 is 5.32 Å². The Hall–Kier alpha value is -1.14. The van der Waals surface area contributed by atoms with E-state index in [1.807, 2.05) is 0 Å². The van der Waals surface area contributed by atoms with E-state index in [2.05, 4.69) is 5.32 Å². The van der Waals surface area contributed by atoms with Crippen molar-refractivity contribution < 1.29 is 19.7 Å². The summed E-state index contributed by atoms with van der Waals surface area (Å²) in [6, 6.07) is 6.13. The predicted octanol–water partition coefficient (Wildman–Crippen LogP) is 1.42. The van der Waals surface area contributed by atoms with Gasteiger partial charge in [-0.3, -0.25) is 4.79 Å². The highest BCUT2D eigenvalue weighted by Crippen LogP contribution is 2.59. The number of benzene rings is 1. The maximum atomic E-state index is 12.3. The maximum Gasteiger partial charge on any atom is 0.251 e. The number of fused-ring (bicyclic) bond motifs is 1. The van der Waals surface area contributed by atoms with Crippen LogP contribution in [0.1, 0.15) is 23.2 Å². The average molecular weight is 326 g/mol. The number of methoxy groups -OCH3 is 1. The third-order valence-corrected chi connectivity index (χ3v) is 5.11. The number of aliphatic hydroxyl groups excluding tert-OH is 2. The molecule has 120 valence electrons. The lowest BCUT2D eigenvalue weighted by Gasteiger charge is -2.25. The fraction of sp³-hybridized carbons (Fsp3) is 0.562. The van der Waals surface area contributed by atoms with Gasteiger partial charge < -0.3 is 20.3 Å². The van der Waals surface area contributed by atoms with Crippen molar-refractivity contribution in [3.8, 4) is 0 Å². The molecule has 22 heavy (non-hydrogen) atoms. The quantitative estimate of drug-likeness (QED) is 0.715. The van der Waals surface area contributed by atoms with Crippen LogP contribution in [-0.2, 0) is 4.74 Å². The minimum Gasteiger partial charge on any atom is -0.393 e. The second-order valence-electron chi connectivity index (χ2n) is 6.16. The SMILES string of the molecule is COC(O)C(NC(=O)c1ccc(Cl)cc1)C1[C@H]2CC(O)C[C@@H]12. The number of ether oxygens (including phenoxy) is 1. The number of aliphatic hydroxyl groups is 2. The van der Waals surface area contributed by atoms with Gasteiger partial charge in [0.05, 0.1) is 12.1 Å². The van der Waals surface area contributed by atoms with Gasteiger partial charge in [0.25, 0.3) is 5.91 Å². The van der Waals surface area contributed by atoms with Crippen molar-refractivity contribution in [3.63, 3.8) is 0 Å². The molecule has 2 fully saturated rings. The van der Waals surface area contributed by atoms with Gasteiger partial charge in [-0.05, 0) is 54.9 Å². The van der Waals surface area contributed by atoms with Gasteiger partial charge in [0, 0.05) is 17.7 Å². The van der Waals surface area contributed by atoms with Crippen LogP contribution >= 0.6 is 11.6 Å². The van der Waals surface area contributed by atoms with Crippen LogP contribution in [-0.4, -0.2) is 41.7 Å². The molecule has 0 aromatic heterocycles. The fourth-order valence-corrected chi connectivity index (χ4v) is 3.86. The van der Waals surface area contributed by atoms with E-state index >= 15 is 0 Å². The first-order valence-corrected chi connectivity index (χ1v) is 7.84. The number of nitrogens with one attached hydrogen (secondary N) is 1. The van der Waals surface area contributed by atoms with Crippen molar-refractivity contribution in [2.24, 2.45) is 17.8 Å². The molecule has 1 aromatic rings. The van der Waals surface area contributed by atoms with Crippen molar-refractivity contribution in [1.82, 2.24) is 5.32 Å². The van der Waals surface area contributed by atoms with Crippen molar-refractivity contribution in [1.29, 1.82) is 0 Å². The zero-order chi connectivity index (χ0) is 15.9. The number of carbonyl (C=O) groups excluding carboxylic acids is 1. The van der Waals surface area contributed by atoms with Gasteiger partial charge in [0.15, 0.2) is 6.29 Å². The normalized spacial score (nSPS) is 32.2. The van der Waals surface area contributed by atoms with Gasteiger partial charge in [-0.1, -0.05) is 11.6 Å². The first-order chi connectivity index (χ1) is 10.5. The van der Waals surface area contributed by atoms with Crippen LogP contribution in [0.4, 0.5) is 0 Å². The summed E-state index contributed by atoms with van der Waals surface area (Å²) < 4.78 is 5.02. The summed E-state index contributed by atoms with van der Waals surface area (Å²) in [5, 5.41) is 23.1. The largest absolute Gasteiger partial charge is 0.393 e. The second-order valence-corrected chi connectivity index (χ2v) is 6.60. The molecular weight excluding hydrogens is 306 g/mol. The molecule has 0 spiro atoms. The minimum atomic E-state index is -1.05. The van der Waals surface area contributed by atoms with E-state index in [-0.39, 0.29) is 17.9 Å². The maximum absolute atomic E-state index is 12.3. The molecule has 1 amide bonds. The number of carbonyl (C=O) groups is 1. The highest BCUT2D eigenvalue weighted by Gasteiger charge is 2.60. The zero-order valence-corrected chi connectivity index (χ0v) is 13.0. The molecule has 6 atom stereocenters. The summed E-state index contributed by atoms with van der Waals surface area (Å²) in [6.45, 7) is 0. The van der Waals surface area contributed by atoms with Crippen LogP contribution in [0.15, 0.2) is 24.3 Å². The van der Waals surface area contributed by atoms with E-state index < -0.39 is 12.3 Å². The molecule has 1 aromatic carbocycles. The van der Waals surface area contributed by atoms with Crippen molar-refractivity contribution in [3.05, 3.63) is 34.9 Å². The summed E-state index contributed by atoms with van der Waals surface area (Å²) >= 11 is 5.82. The minimum absolute atomic E-state index is 0.162. The smallest absolute Gasteiger partial charge is 0.251 e. The Morgan fingerprint density at radius 2 is 1.91 bits per heavy atom. The van der Waals surface area contributed by atoms with Crippen LogP contribution in [0.2, 0.25) is 5.02 Å². The zero-order valence-electron chi connectivity index (χ0n) is 12.3. The highest BCUT2D eigenvalue weighted by molar-refractivity contribution is 6.30. The van der Waals surface area contributed by atoms with Gasteiger partial charge in [-0.15, -0.1) is 0 Å². The molecule has 2 aliphatic rings. The second kappa shape index (κ2) is 6.16. The monoisotopic (exact) mass is 325 g/mol. The number of amides is 1. The molecule has 0 bridgehead atoms. The topological polar surface area (TPSA) is 78.8 Å². The molecule has 3 rings (SSSR count). The van der Waals surface area contributed by atoms with Crippen molar-refractivity contribution >= 4 is 17.5 Å². The van der Waals surface area contributed by atoms with E-state index in [0.717, 1.165) is 12.8 Å². The lowest BCUT2D eigenvalue weighted by molar-refractivity contribution is -0.102. The fourth-order valence-electron chi connectivity index (χ4n) is 3.74. The summed E-state index contributed by atoms with van der Waals surface area (Å²) in [5.74, 6) is 0.614. The summed E-state index contributed by atoms with van der Waals surface area (Å²) in [4.78, 5) is 12.3. The molecule has 6 heteroatoms. The van der Waals surface area contributed by atoms with Crippen LogP contribution in [0.5, 0.6) is 0 Å². The van der Waals surface area contributed by atoms with Crippen LogP contribution in [0, 0.1) is 17.8 Å². The van der Waals surface area contributed by atoms with Crippen LogP contribution in [0.3, 0.4) is 0 Å². The third kappa shape index (κ3) is 2.99. The van der Waals surface area contributed by atoms with Gasteiger partial charge in [0.2, 0.25) is 0 Å². The Morgan fingerprint density at radius 1 is 1.32 bits per heavy atom. The lowest BCUT2D eigenvalue weighted by Crippen LogP contribution is -2.47. The summed E-state index contributed by atoms with van der Waals surface area (Å²) in [7, 11) is 1.42. The van der Waals surface area contributed by atoms with Crippen LogP contribution in [0.25, 0.3) is 0 Å². The number of halogens is 1. The standard InChI is InChI=1S/C16H20ClNO4/c1-22-16(21)14(13-11-6-10(19)7-12(11)13)18-15(20)8-2-4-9(17)5-3-8/h2-5,10-14,16,19,21H,6-7H2,1H3,(H,18,20)/t10?,11-,12+,13?,14?,16?. The molecule has 5 nitrogen and oxygen atoms in total. The Morgan fingerprint density at radius 3 is 2.45 bits per heavy atom. The van der Waals surface area contributed by atoms with Gasteiger partial charge in [-0.2, -0.15) is 0 Å². The van der Waals surface area contributed by atoms with Gasteiger partial charge in [-0.25, -0.2) is 0 Å². The third-order valence-electron chi connectivity index (χ3n) is 4.85. The van der Waals surface area contributed by atoms with E-state index in [4.69, 9.17) is 16.3 Å². The summed E-state index contributed by atoms with van der Waals surface area (Å²) in [6.07, 6.45) is 0.167. The molecule has 2 saturated carbocycles. The Balaban J connectivity index is 1.69. The highest BCUT2D eigenvalue weighted by atomic mass is 35.5. The number of hydrogen-bond acceptors (Lipinski definition) is 4. The Bertz CT molecular complexity index is 538. The Labute approximate surface area is 134 Å². The molecule has 2 aliphatic carbocycles. The molecular formula is C16H20ClNO4. The average Bonchev–Trinajstić information content (AvgIpc) is 3.00. The lowest BCUT2D eigenvalue weighted by atomic mass is 10.0. The predicted molar refractivity (Wildman–Crippen MR) is 81.4 cm³/mol. The summed E-state index contributed by atoms with van der Waals surface area (Å²) in [5.41, 5.74) is 0.489. The molecule has 0 aliphatic heterocycles. The molecule has 0 radical (unpaired) electrons. The van der Waals surface area contributed by atoms with E-state index in [9.17, 15) is 15.0 Å². The molecule has 0 saturated heterocycles. The molecule has 4 unspecified atom stereocenters. The van der Waals surface area contributed by atoms with Crippen molar-refractivity contribution in [2.45, 2.75) is 31.3 Å². The van der Waals surface area contributed by atoms with Gasteiger partial charge in [0.1, 0.15) is 0 Å². The number of rotatable bonds is 5. The number of hydrogen-bond donors (Lipinski definition) is 3. The molecule has 0 heterocycles. The van der Waals surface area contributed by atoms with Gasteiger partial charge >= 0.3 is 0 Å². The van der Waals surface area contributed by atoms with Crippen molar-refractivity contribution in [2.75, 3.05) is 7.11 Å². The molecule has 3 N–H and O–H groups in total. The van der Waals surface area contributed by atoms with E-state index in [1.54, 1.807) is 24.3 Å². The van der Waals surface area contributed by atoms with E-state index in [1.165, 1.54) is 7.11 Å². The Kier molecular flexibility index (Phi) is 4.41. The first-order valence-electron chi connectivity index (χ1n) is 7.46. The van der Waals surface area contributed by atoms with E-state index in [0.29, 0.717) is 22.4 Å². The first kappa shape index (κ1) is 15.7.